The summed E-state index contributed by atoms with van der Waals surface area (Å²) in [4.78, 5) is 31.7. The zero-order valence-corrected chi connectivity index (χ0v) is 16.4. The molecule has 6 nitrogen and oxygen atoms in total. The minimum Gasteiger partial charge on any atom is -0.495 e. The van der Waals surface area contributed by atoms with Gasteiger partial charge in [-0.1, -0.05) is 29.8 Å². The standard InChI is InChI=1S/C22H18ClN3O3/c1-29-19-8-7-16(10-18(19)23)25-21(27)17-6-2-5-15-13-26(22(28)20(15)17)12-14-4-3-9-24-11-14/h2-11H,12-13H2,1H3,(H,25,27). The Morgan fingerprint density at radius 3 is 2.83 bits per heavy atom. The number of nitrogens with zero attached hydrogens (tertiary/aromatic N) is 2. The van der Waals surface area contributed by atoms with Gasteiger partial charge >= 0.3 is 0 Å². The lowest BCUT2D eigenvalue weighted by Gasteiger charge is -2.15. The van der Waals surface area contributed by atoms with Crippen molar-refractivity contribution in [2.24, 2.45) is 0 Å². The van der Waals surface area contributed by atoms with Crippen molar-refractivity contribution in [2.75, 3.05) is 12.4 Å². The highest BCUT2D eigenvalue weighted by atomic mass is 35.5. The van der Waals surface area contributed by atoms with E-state index < -0.39 is 0 Å². The van der Waals surface area contributed by atoms with Crippen LogP contribution in [0.25, 0.3) is 0 Å². The Bertz CT molecular complexity index is 1090. The molecule has 3 aromatic rings. The lowest BCUT2D eigenvalue weighted by atomic mass is 10.0. The van der Waals surface area contributed by atoms with Crippen molar-refractivity contribution in [1.29, 1.82) is 0 Å². The lowest BCUT2D eigenvalue weighted by molar-refractivity contribution is 0.0763. The van der Waals surface area contributed by atoms with E-state index in [1.807, 2.05) is 18.2 Å². The van der Waals surface area contributed by atoms with Crippen LogP contribution in [0.4, 0.5) is 5.69 Å². The van der Waals surface area contributed by atoms with Crippen LogP contribution in [0.5, 0.6) is 5.75 Å². The molecule has 2 amide bonds. The van der Waals surface area contributed by atoms with Gasteiger partial charge in [-0.2, -0.15) is 0 Å². The van der Waals surface area contributed by atoms with Gasteiger partial charge in [-0.25, -0.2) is 0 Å². The highest BCUT2D eigenvalue weighted by molar-refractivity contribution is 6.32. The van der Waals surface area contributed by atoms with Crippen LogP contribution in [-0.2, 0) is 13.1 Å². The molecule has 1 aromatic heterocycles. The van der Waals surface area contributed by atoms with Gasteiger partial charge in [-0.15, -0.1) is 0 Å². The summed E-state index contributed by atoms with van der Waals surface area (Å²) in [6.45, 7) is 0.898. The summed E-state index contributed by atoms with van der Waals surface area (Å²) in [5.74, 6) is -0.00600. The summed E-state index contributed by atoms with van der Waals surface area (Å²) >= 11 is 6.13. The van der Waals surface area contributed by atoms with E-state index in [1.54, 1.807) is 47.6 Å². The van der Waals surface area contributed by atoms with Crippen molar-refractivity contribution >= 4 is 29.1 Å². The number of methoxy groups -OCH3 is 1. The van der Waals surface area contributed by atoms with E-state index in [0.717, 1.165) is 11.1 Å². The topological polar surface area (TPSA) is 71.5 Å². The third-order valence-corrected chi connectivity index (χ3v) is 5.06. The first-order valence-electron chi connectivity index (χ1n) is 9.02. The van der Waals surface area contributed by atoms with Crippen molar-refractivity contribution in [3.8, 4) is 5.75 Å². The number of benzene rings is 2. The van der Waals surface area contributed by atoms with Gasteiger partial charge in [0.15, 0.2) is 0 Å². The molecule has 1 N–H and O–H groups in total. The second-order valence-electron chi connectivity index (χ2n) is 6.67. The SMILES string of the molecule is COc1ccc(NC(=O)c2cccc3c2C(=O)N(Cc2cccnc2)C3)cc1Cl. The Labute approximate surface area is 173 Å². The Balaban J connectivity index is 1.57. The molecule has 4 rings (SSSR count). The molecule has 2 aromatic carbocycles. The maximum atomic E-state index is 13.0. The lowest BCUT2D eigenvalue weighted by Crippen LogP contribution is -2.25. The van der Waals surface area contributed by atoms with Crippen LogP contribution in [0, 0.1) is 0 Å². The maximum Gasteiger partial charge on any atom is 0.256 e. The van der Waals surface area contributed by atoms with Gasteiger partial charge in [0.2, 0.25) is 0 Å². The maximum absolute atomic E-state index is 13.0. The van der Waals surface area contributed by atoms with Crippen molar-refractivity contribution in [3.05, 3.63) is 88.2 Å². The number of aromatic nitrogens is 1. The molecular formula is C22H18ClN3O3. The van der Waals surface area contributed by atoms with E-state index in [9.17, 15) is 9.59 Å². The predicted octanol–water partition coefficient (Wildman–Crippen LogP) is 4.15. The number of hydrogen-bond donors (Lipinski definition) is 1. The number of anilines is 1. The third kappa shape index (κ3) is 3.79. The average Bonchev–Trinajstić information content (AvgIpc) is 3.04. The minimum absolute atomic E-state index is 0.164. The number of nitrogens with one attached hydrogen (secondary N) is 1. The fraction of sp³-hybridized carbons (Fsp3) is 0.136. The van der Waals surface area contributed by atoms with Crippen LogP contribution in [0.15, 0.2) is 60.9 Å². The summed E-state index contributed by atoms with van der Waals surface area (Å²) < 4.78 is 5.13. The summed E-state index contributed by atoms with van der Waals surface area (Å²) in [6, 6.07) is 14.1. The number of carbonyl (C=O) groups excluding carboxylic acids is 2. The van der Waals surface area contributed by atoms with E-state index in [-0.39, 0.29) is 11.8 Å². The van der Waals surface area contributed by atoms with Gasteiger partial charge in [0, 0.05) is 31.2 Å². The van der Waals surface area contributed by atoms with Gasteiger partial charge in [0.05, 0.1) is 23.3 Å². The normalized spacial score (nSPS) is 12.6. The molecule has 0 bridgehead atoms. The van der Waals surface area contributed by atoms with E-state index in [0.29, 0.717) is 40.7 Å². The molecule has 1 aliphatic rings. The predicted molar refractivity (Wildman–Crippen MR) is 110 cm³/mol. The van der Waals surface area contributed by atoms with E-state index >= 15 is 0 Å². The zero-order valence-electron chi connectivity index (χ0n) is 15.7. The third-order valence-electron chi connectivity index (χ3n) is 4.76. The largest absolute Gasteiger partial charge is 0.495 e. The smallest absolute Gasteiger partial charge is 0.256 e. The Morgan fingerprint density at radius 2 is 2.10 bits per heavy atom. The van der Waals surface area contributed by atoms with Gasteiger partial charge in [-0.05, 0) is 41.5 Å². The number of ether oxygens (including phenoxy) is 1. The van der Waals surface area contributed by atoms with Gasteiger partial charge in [0.25, 0.3) is 11.8 Å². The fourth-order valence-electron chi connectivity index (χ4n) is 3.39. The van der Waals surface area contributed by atoms with E-state index in [2.05, 4.69) is 10.3 Å². The molecule has 2 heterocycles. The molecular weight excluding hydrogens is 390 g/mol. The van der Waals surface area contributed by atoms with Gasteiger partial charge < -0.3 is 15.0 Å². The van der Waals surface area contributed by atoms with E-state index in [4.69, 9.17) is 16.3 Å². The molecule has 146 valence electrons. The minimum atomic E-state index is -0.361. The molecule has 0 fully saturated rings. The van der Waals surface area contributed by atoms with Crippen molar-refractivity contribution < 1.29 is 14.3 Å². The Morgan fingerprint density at radius 1 is 1.24 bits per heavy atom. The van der Waals surface area contributed by atoms with Crippen LogP contribution < -0.4 is 10.1 Å². The van der Waals surface area contributed by atoms with Crippen LogP contribution in [-0.4, -0.2) is 28.8 Å². The summed E-state index contributed by atoms with van der Waals surface area (Å²) in [7, 11) is 1.52. The molecule has 29 heavy (non-hydrogen) atoms. The molecule has 0 saturated carbocycles. The number of halogens is 1. The number of pyridine rings is 1. The molecule has 7 heteroatoms. The summed E-state index contributed by atoms with van der Waals surface area (Å²) in [5, 5.41) is 3.20. The van der Waals surface area contributed by atoms with Crippen LogP contribution >= 0.6 is 11.6 Å². The fourth-order valence-corrected chi connectivity index (χ4v) is 3.65. The highest BCUT2D eigenvalue weighted by Crippen LogP contribution is 2.30. The molecule has 0 unspecified atom stereocenters. The molecule has 0 saturated heterocycles. The van der Waals surface area contributed by atoms with Gasteiger partial charge in [-0.3, -0.25) is 14.6 Å². The number of carbonyl (C=O) groups is 2. The monoisotopic (exact) mass is 407 g/mol. The molecule has 1 aliphatic heterocycles. The van der Waals surface area contributed by atoms with E-state index in [1.165, 1.54) is 7.11 Å². The number of hydrogen-bond acceptors (Lipinski definition) is 4. The number of fused-ring (bicyclic) bond motifs is 1. The van der Waals surface area contributed by atoms with Crippen LogP contribution in [0.2, 0.25) is 5.02 Å². The van der Waals surface area contributed by atoms with Gasteiger partial charge in [0.1, 0.15) is 5.75 Å². The summed E-state index contributed by atoms with van der Waals surface area (Å²) in [5.41, 5.74) is 3.07. The average molecular weight is 408 g/mol. The molecule has 0 spiro atoms. The second-order valence-corrected chi connectivity index (χ2v) is 7.07. The Kier molecular flexibility index (Phi) is 5.18. The van der Waals surface area contributed by atoms with Crippen molar-refractivity contribution in [3.63, 3.8) is 0 Å². The Hall–Kier alpha value is -3.38. The highest BCUT2D eigenvalue weighted by Gasteiger charge is 2.31. The van der Waals surface area contributed by atoms with Crippen molar-refractivity contribution in [1.82, 2.24) is 9.88 Å². The second kappa shape index (κ2) is 7.93. The summed E-state index contributed by atoms with van der Waals surface area (Å²) in [6.07, 6.45) is 3.43. The van der Waals surface area contributed by atoms with Crippen molar-refractivity contribution in [2.45, 2.75) is 13.1 Å². The van der Waals surface area contributed by atoms with Crippen LogP contribution in [0.1, 0.15) is 31.8 Å². The molecule has 0 atom stereocenters. The number of amides is 2. The first-order chi connectivity index (χ1) is 14.1. The first kappa shape index (κ1) is 19.0. The van der Waals surface area contributed by atoms with Crippen LogP contribution in [0.3, 0.4) is 0 Å². The quantitative estimate of drug-likeness (QED) is 0.689. The molecule has 0 radical (unpaired) electrons. The first-order valence-corrected chi connectivity index (χ1v) is 9.39. The zero-order chi connectivity index (χ0) is 20.4. The molecule has 0 aliphatic carbocycles. The number of rotatable bonds is 5.